The number of benzene rings is 1. The molecule has 0 bridgehead atoms. The molecule has 0 aliphatic heterocycles. The number of carbonyl (C=O) groups excluding carboxylic acids is 1. The number of rotatable bonds is 6. The highest BCUT2D eigenvalue weighted by molar-refractivity contribution is 5.80. The zero-order chi connectivity index (χ0) is 15.5. The number of hydrogen-bond acceptors (Lipinski definition) is 2. The average molecular weight is 288 g/mol. The third kappa shape index (κ3) is 4.85. The molecule has 116 valence electrons. The molecule has 0 radical (unpaired) electrons. The lowest BCUT2D eigenvalue weighted by atomic mass is 9.86. The predicted molar refractivity (Wildman–Crippen MR) is 87.3 cm³/mol. The molecule has 1 aliphatic rings. The number of nitrogens with one attached hydrogen (secondary N) is 2. The van der Waals surface area contributed by atoms with Crippen molar-refractivity contribution >= 4 is 5.91 Å². The van der Waals surface area contributed by atoms with Crippen molar-refractivity contribution in [2.45, 2.75) is 52.0 Å². The van der Waals surface area contributed by atoms with Gasteiger partial charge in [-0.25, -0.2) is 0 Å². The molecule has 1 saturated carbocycles. The van der Waals surface area contributed by atoms with Gasteiger partial charge in [-0.05, 0) is 36.3 Å². The van der Waals surface area contributed by atoms with E-state index in [0.29, 0.717) is 18.5 Å². The summed E-state index contributed by atoms with van der Waals surface area (Å²) in [4.78, 5) is 11.5. The maximum atomic E-state index is 11.5. The van der Waals surface area contributed by atoms with Crippen molar-refractivity contribution in [3.05, 3.63) is 35.4 Å². The highest BCUT2D eigenvalue weighted by atomic mass is 16.2. The van der Waals surface area contributed by atoms with Crippen molar-refractivity contribution in [3.63, 3.8) is 0 Å². The summed E-state index contributed by atoms with van der Waals surface area (Å²) in [6, 6.07) is 9.11. The van der Waals surface area contributed by atoms with Gasteiger partial charge in [-0.3, -0.25) is 4.79 Å². The standard InChI is InChI=1S/C18H28N2O/c1-13(19-11-12-20-17(21)15-5-6-15)14-7-9-16(10-8-14)18(2,3)4/h7-10,13,15,19H,5-6,11-12H2,1-4H3,(H,20,21). The number of hydrogen-bond donors (Lipinski definition) is 2. The van der Waals surface area contributed by atoms with Gasteiger partial charge in [0, 0.05) is 25.0 Å². The summed E-state index contributed by atoms with van der Waals surface area (Å²) in [5, 5.41) is 6.44. The van der Waals surface area contributed by atoms with Crippen LogP contribution in [0.2, 0.25) is 0 Å². The van der Waals surface area contributed by atoms with E-state index in [9.17, 15) is 4.79 Å². The molecule has 1 amide bonds. The first-order valence-electron chi connectivity index (χ1n) is 7.99. The van der Waals surface area contributed by atoms with Crippen LogP contribution in [0.25, 0.3) is 0 Å². The van der Waals surface area contributed by atoms with Crippen LogP contribution in [0.5, 0.6) is 0 Å². The van der Waals surface area contributed by atoms with E-state index >= 15 is 0 Å². The van der Waals surface area contributed by atoms with Crippen LogP contribution >= 0.6 is 0 Å². The molecule has 0 saturated heterocycles. The van der Waals surface area contributed by atoms with Crippen LogP contribution in [-0.4, -0.2) is 19.0 Å². The summed E-state index contributed by atoms with van der Waals surface area (Å²) in [6.07, 6.45) is 2.13. The van der Waals surface area contributed by atoms with Gasteiger partial charge >= 0.3 is 0 Å². The highest BCUT2D eigenvalue weighted by Crippen LogP contribution is 2.28. The quantitative estimate of drug-likeness (QED) is 0.790. The largest absolute Gasteiger partial charge is 0.355 e. The van der Waals surface area contributed by atoms with Crippen LogP contribution in [0.15, 0.2) is 24.3 Å². The van der Waals surface area contributed by atoms with Crippen LogP contribution in [0, 0.1) is 5.92 Å². The summed E-state index contributed by atoms with van der Waals surface area (Å²) in [7, 11) is 0. The Kier molecular flexibility index (Phi) is 5.04. The third-order valence-electron chi connectivity index (χ3n) is 4.10. The van der Waals surface area contributed by atoms with E-state index in [2.05, 4.69) is 62.6 Å². The third-order valence-corrected chi connectivity index (χ3v) is 4.10. The normalized spacial score (nSPS) is 16.6. The lowest BCUT2D eigenvalue weighted by molar-refractivity contribution is -0.122. The van der Waals surface area contributed by atoms with E-state index in [-0.39, 0.29) is 11.3 Å². The van der Waals surface area contributed by atoms with Gasteiger partial charge in [0.25, 0.3) is 0 Å². The second-order valence-electron chi connectivity index (χ2n) is 7.11. The van der Waals surface area contributed by atoms with E-state index in [1.165, 1.54) is 11.1 Å². The Morgan fingerprint density at radius 1 is 1.19 bits per heavy atom. The maximum absolute atomic E-state index is 11.5. The fourth-order valence-corrected chi connectivity index (χ4v) is 2.35. The number of amides is 1. The van der Waals surface area contributed by atoms with Crippen molar-refractivity contribution < 1.29 is 4.79 Å². The van der Waals surface area contributed by atoms with Crippen LogP contribution < -0.4 is 10.6 Å². The summed E-state index contributed by atoms with van der Waals surface area (Å²) in [6.45, 7) is 10.4. The molecule has 2 rings (SSSR count). The fraction of sp³-hybridized carbons (Fsp3) is 0.611. The Bertz CT molecular complexity index is 469. The van der Waals surface area contributed by atoms with E-state index in [1.54, 1.807) is 0 Å². The Morgan fingerprint density at radius 3 is 2.33 bits per heavy atom. The van der Waals surface area contributed by atoms with E-state index < -0.39 is 0 Å². The molecule has 1 aliphatic carbocycles. The molecular weight excluding hydrogens is 260 g/mol. The average Bonchev–Trinajstić information content (AvgIpc) is 3.27. The summed E-state index contributed by atoms with van der Waals surface area (Å²) < 4.78 is 0. The van der Waals surface area contributed by atoms with Gasteiger partial charge in [-0.2, -0.15) is 0 Å². The molecule has 1 atom stereocenters. The van der Waals surface area contributed by atoms with E-state index in [4.69, 9.17) is 0 Å². The first kappa shape index (κ1) is 16.0. The van der Waals surface area contributed by atoms with Gasteiger partial charge in [-0.1, -0.05) is 45.0 Å². The van der Waals surface area contributed by atoms with Crippen molar-refractivity contribution in [3.8, 4) is 0 Å². The topological polar surface area (TPSA) is 41.1 Å². The minimum absolute atomic E-state index is 0.197. The summed E-state index contributed by atoms with van der Waals surface area (Å²) in [5.41, 5.74) is 2.84. The van der Waals surface area contributed by atoms with E-state index in [1.807, 2.05) is 0 Å². The van der Waals surface area contributed by atoms with Gasteiger partial charge in [0.05, 0.1) is 0 Å². The first-order chi connectivity index (χ1) is 9.88. The second kappa shape index (κ2) is 6.61. The number of carbonyl (C=O) groups is 1. The molecule has 2 N–H and O–H groups in total. The van der Waals surface area contributed by atoms with Gasteiger partial charge in [-0.15, -0.1) is 0 Å². The molecule has 1 aromatic carbocycles. The molecule has 0 heterocycles. The monoisotopic (exact) mass is 288 g/mol. The highest BCUT2D eigenvalue weighted by Gasteiger charge is 2.28. The summed E-state index contributed by atoms with van der Waals surface area (Å²) >= 11 is 0. The Balaban J connectivity index is 1.74. The van der Waals surface area contributed by atoms with Gasteiger partial charge in [0.15, 0.2) is 0 Å². The van der Waals surface area contributed by atoms with Crippen LogP contribution in [0.3, 0.4) is 0 Å². The molecule has 1 aromatic rings. The predicted octanol–water partition coefficient (Wildman–Crippen LogP) is 3.16. The lowest BCUT2D eigenvalue weighted by Gasteiger charge is -2.20. The molecule has 0 spiro atoms. The Morgan fingerprint density at radius 2 is 1.81 bits per heavy atom. The molecule has 0 aromatic heterocycles. The minimum atomic E-state index is 0.197. The first-order valence-corrected chi connectivity index (χ1v) is 7.99. The van der Waals surface area contributed by atoms with Crippen LogP contribution in [-0.2, 0) is 10.2 Å². The molecular formula is C18H28N2O. The minimum Gasteiger partial charge on any atom is -0.355 e. The smallest absolute Gasteiger partial charge is 0.223 e. The van der Waals surface area contributed by atoms with E-state index in [0.717, 1.165) is 19.4 Å². The SMILES string of the molecule is CC(NCCNC(=O)C1CC1)c1ccc(C(C)(C)C)cc1. The fourth-order valence-electron chi connectivity index (χ4n) is 2.35. The van der Waals surface area contributed by atoms with Crippen molar-refractivity contribution in [2.75, 3.05) is 13.1 Å². The van der Waals surface area contributed by atoms with Crippen molar-refractivity contribution in [1.82, 2.24) is 10.6 Å². The maximum Gasteiger partial charge on any atom is 0.223 e. The molecule has 1 unspecified atom stereocenters. The zero-order valence-corrected chi connectivity index (χ0v) is 13.7. The van der Waals surface area contributed by atoms with Crippen molar-refractivity contribution in [2.24, 2.45) is 5.92 Å². The van der Waals surface area contributed by atoms with Crippen LogP contribution in [0.4, 0.5) is 0 Å². The Labute approximate surface area is 128 Å². The molecule has 3 heteroatoms. The molecule has 3 nitrogen and oxygen atoms in total. The molecule has 21 heavy (non-hydrogen) atoms. The summed E-state index contributed by atoms with van der Waals surface area (Å²) in [5.74, 6) is 0.520. The zero-order valence-electron chi connectivity index (χ0n) is 13.7. The van der Waals surface area contributed by atoms with Gasteiger partial charge < -0.3 is 10.6 Å². The Hall–Kier alpha value is -1.35. The molecule has 1 fully saturated rings. The lowest BCUT2D eigenvalue weighted by Crippen LogP contribution is -2.33. The van der Waals surface area contributed by atoms with Gasteiger partial charge in [0.1, 0.15) is 0 Å². The second-order valence-corrected chi connectivity index (χ2v) is 7.11. The van der Waals surface area contributed by atoms with Crippen molar-refractivity contribution in [1.29, 1.82) is 0 Å². The van der Waals surface area contributed by atoms with Gasteiger partial charge in [0.2, 0.25) is 5.91 Å². The van der Waals surface area contributed by atoms with Crippen LogP contribution in [0.1, 0.15) is 57.7 Å².